The highest BCUT2D eigenvalue weighted by Gasteiger charge is 2.23. The van der Waals surface area contributed by atoms with Crippen LogP contribution in [-0.2, 0) is 11.2 Å². The first kappa shape index (κ1) is 14.0. The molecule has 90 valence electrons. The van der Waals surface area contributed by atoms with Gasteiger partial charge in [-0.3, -0.25) is 4.79 Å². The minimum atomic E-state index is 0. The first-order valence-corrected chi connectivity index (χ1v) is 6.53. The molecule has 1 aromatic rings. The molecule has 1 aromatic heterocycles. The quantitative estimate of drug-likeness (QED) is 0.904. The van der Waals surface area contributed by atoms with E-state index in [1.165, 1.54) is 0 Å². The molecule has 0 saturated carbocycles. The Kier molecular flexibility index (Phi) is 5.24. The molecule has 0 aromatic carbocycles. The lowest BCUT2D eigenvalue weighted by Gasteiger charge is -2.14. The molecule has 1 aliphatic heterocycles. The molecule has 2 rings (SSSR count). The minimum absolute atomic E-state index is 0. The fraction of sp³-hybridized carbons (Fsp3) is 0.500. The summed E-state index contributed by atoms with van der Waals surface area (Å²) < 4.78 is 1.07. The molecule has 3 nitrogen and oxygen atoms in total. The van der Waals surface area contributed by atoms with Crippen molar-refractivity contribution in [3.05, 3.63) is 20.8 Å². The molecule has 1 amide bonds. The van der Waals surface area contributed by atoms with Crippen LogP contribution in [0.1, 0.15) is 11.3 Å². The van der Waals surface area contributed by atoms with Gasteiger partial charge in [0.05, 0.1) is 10.2 Å². The Bertz CT molecular complexity index is 371. The summed E-state index contributed by atoms with van der Waals surface area (Å²) in [6.45, 7) is 1.53. The number of hydrogen-bond acceptors (Lipinski definition) is 3. The van der Waals surface area contributed by atoms with Crippen LogP contribution < -0.4 is 5.73 Å². The molecule has 0 bridgehead atoms. The number of thiophene rings is 1. The smallest absolute Gasteiger partial charge is 0.227 e. The zero-order chi connectivity index (χ0) is 10.8. The van der Waals surface area contributed by atoms with Crippen LogP contribution in [-0.4, -0.2) is 29.9 Å². The van der Waals surface area contributed by atoms with Crippen LogP contribution in [0.4, 0.5) is 0 Å². The maximum absolute atomic E-state index is 11.8. The SMILES string of the molecule is Cl.N[C@@H]1CCN(C(=O)Cc2ccc(Br)s2)C1. The minimum Gasteiger partial charge on any atom is -0.341 e. The molecule has 6 heteroatoms. The first-order chi connectivity index (χ1) is 7.15. The van der Waals surface area contributed by atoms with Gasteiger partial charge in [-0.05, 0) is 34.5 Å². The molecule has 0 aliphatic carbocycles. The van der Waals surface area contributed by atoms with Crippen LogP contribution in [0, 0.1) is 0 Å². The summed E-state index contributed by atoms with van der Waals surface area (Å²) >= 11 is 5.00. The third kappa shape index (κ3) is 3.45. The van der Waals surface area contributed by atoms with Crippen molar-refractivity contribution in [3.63, 3.8) is 0 Å². The molecule has 1 aliphatic rings. The van der Waals surface area contributed by atoms with Gasteiger partial charge in [0.25, 0.3) is 0 Å². The number of hydrogen-bond donors (Lipinski definition) is 1. The van der Waals surface area contributed by atoms with E-state index >= 15 is 0 Å². The third-order valence-corrected chi connectivity index (χ3v) is 4.16. The van der Waals surface area contributed by atoms with Crippen LogP contribution in [0.25, 0.3) is 0 Å². The van der Waals surface area contributed by atoms with E-state index in [1.54, 1.807) is 11.3 Å². The van der Waals surface area contributed by atoms with Crippen LogP contribution in [0.3, 0.4) is 0 Å². The Labute approximate surface area is 114 Å². The normalized spacial score (nSPS) is 19.6. The molecule has 0 radical (unpaired) electrons. The molecular weight excluding hydrogens is 312 g/mol. The predicted octanol–water partition coefficient (Wildman–Crippen LogP) is 2.03. The molecule has 1 saturated heterocycles. The van der Waals surface area contributed by atoms with Gasteiger partial charge in [0.2, 0.25) is 5.91 Å². The summed E-state index contributed by atoms with van der Waals surface area (Å²) in [5.74, 6) is 0.192. The Hall–Kier alpha value is -0.100. The highest BCUT2D eigenvalue weighted by molar-refractivity contribution is 9.11. The van der Waals surface area contributed by atoms with Crippen molar-refractivity contribution in [2.75, 3.05) is 13.1 Å². The van der Waals surface area contributed by atoms with Crippen molar-refractivity contribution in [2.45, 2.75) is 18.9 Å². The lowest BCUT2D eigenvalue weighted by atomic mass is 10.3. The van der Waals surface area contributed by atoms with Crippen molar-refractivity contribution in [1.82, 2.24) is 4.90 Å². The molecule has 2 N–H and O–H groups in total. The fourth-order valence-corrected chi connectivity index (χ4v) is 3.20. The second kappa shape index (κ2) is 6.00. The van der Waals surface area contributed by atoms with E-state index in [4.69, 9.17) is 5.73 Å². The summed E-state index contributed by atoms with van der Waals surface area (Å²) in [5.41, 5.74) is 5.76. The van der Waals surface area contributed by atoms with Gasteiger partial charge in [-0.1, -0.05) is 0 Å². The highest BCUT2D eigenvalue weighted by atomic mass is 79.9. The Morgan fingerprint density at radius 3 is 2.88 bits per heavy atom. The standard InChI is InChI=1S/C10H13BrN2OS.ClH/c11-9-2-1-8(15-9)5-10(14)13-4-3-7(12)6-13;/h1-2,7H,3-6,12H2;1H/t7-;/m1./s1. The van der Waals surface area contributed by atoms with E-state index < -0.39 is 0 Å². The average molecular weight is 326 g/mol. The van der Waals surface area contributed by atoms with Gasteiger partial charge >= 0.3 is 0 Å². The average Bonchev–Trinajstić information content (AvgIpc) is 2.75. The number of halogens is 2. The predicted molar refractivity (Wildman–Crippen MR) is 72.1 cm³/mol. The first-order valence-electron chi connectivity index (χ1n) is 4.93. The number of carbonyl (C=O) groups is 1. The van der Waals surface area contributed by atoms with Crippen LogP contribution >= 0.6 is 39.7 Å². The molecule has 2 heterocycles. The zero-order valence-corrected chi connectivity index (χ0v) is 11.9. The van der Waals surface area contributed by atoms with Crippen LogP contribution in [0.2, 0.25) is 0 Å². The van der Waals surface area contributed by atoms with Gasteiger partial charge in [-0.25, -0.2) is 0 Å². The fourth-order valence-electron chi connectivity index (χ4n) is 1.72. The van der Waals surface area contributed by atoms with E-state index in [0.29, 0.717) is 13.0 Å². The number of nitrogens with zero attached hydrogens (tertiary/aromatic N) is 1. The van der Waals surface area contributed by atoms with Crippen molar-refractivity contribution < 1.29 is 4.79 Å². The van der Waals surface area contributed by atoms with E-state index in [1.807, 2.05) is 17.0 Å². The molecule has 1 atom stereocenters. The van der Waals surface area contributed by atoms with Gasteiger partial charge < -0.3 is 10.6 Å². The summed E-state index contributed by atoms with van der Waals surface area (Å²) in [7, 11) is 0. The van der Waals surface area contributed by atoms with Gasteiger partial charge in [-0.15, -0.1) is 23.7 Å². The van der Waals surface area contributed by atoms with Gasteiger partial charge in [0.1, 0.15) is 0 Å². The lowest BCUT2D eigenvalue weighted by Crippen LogP contribution is -2.32. The number of amides is 1. The Morgan fingerprint density at radius 1 is 1.62 bits per heavy atom. The van der Waals surface area contributed by atoms with E-state index in [9.17, 15) is 4.79 Å². The molecule has 16 heavy (non-hydrogen) atoms. The monoisotopic (exact) mass is 324 g/mol. The van der Waals surface area contributed by atoms with Gasteiger partial charge in [0.15, 0.2) is 0 Å². The number of rotatable bonds is 2. The summed E-state index contributed by atoms with van der Waals surface area (Å²) in [4.78, 5) is 14.8. The van der Waals surface area contributed by atoms with Gasteiger partial charge in [0, 0.05) is 24.0 Å². The Morgan fingerprint density at radius 2 is 2.38 bits per heavy atom. The van der Waals surface area contributed by atoms with E-state index in [-0.39, 0.29) is 24.4 Å². The van der Waals surface area contributed by atoms with Crippen molar-refractivity contribution in [2.24, 2.45) is 5.73 Å². The lowest BCUT2D eigenvalue weighted by molar-refractivity contribution is -0.129. The van der Waals surface area contributed by atoms with Crippen LogP contribution in [0.15, 0.2) is 15.9 Å². The molecule has 0 unspecified atom stereocenters. The van der Waals surface area contributed by atoms with Crippen molar-refractivity contribution >= 4 is 45.6 Å². The summed E-state index contributed by atoms with van der Waals surface area (Å²) in [5, 5.41) is 0. The van der Waals surface area contributed by atoms with Crippen molar-refractivity contribution in [3.8, 4) is 0 Å². The molecule has 1 fully saturated rings. The maximum atomic E-state index is 11.8. The highest BCUT2D eigenvalue weighted by Crippen LogP contribution is 2.23. The second-order valence-corrected chi connectivity index (χ2v) is 6.32. The largest absolute Gasteiger partial charge is 0.341 e. The maximum Gasteiger partial charge on any atom is 0.227 e. The molecule has 0 spiro atoms. The van der Waals surface area contributed by atoms with E-state index in [2.05, 4.69) is 15.9 Å². The number of carbonyl (C=O) groups excluding carboxylic acids is 1. The third-order valence-electron chi connectivity index (χ3n) is 2.53. The summed E-state index contributed by atoms with van der Waals surface area (Å²) in [6, 6.07) is 4.13. The number of nitrogens with two attached hydrogens (primary N) is 1. The van der Waals surface area contributed by atoms with Crippen LogP contribution in [0.5, 0.6) is 0 Å². The number of likely N-dealkylation sites (tertiary alicyclic amines) is 1. The van der Waals surface area contributed by atoms with Crippen molar-refractivity contribution in [1.29, 1.82) is 0 Å². The van der Waals surface area contributed by atoms with Gasteiger partial charge in [-0.2, -0.15) is 0 Å². The summed E-state index contributed by atoms with van der Waals surface area (Å²) in [6.07, 6.45) is 1.43. The van der Waals surface area contributed by atoms with E-state index in [0.717, 1.165) is 21.6 Å². The Balaban J connectivity index is 0.00000128. The topological polar surface area (TPSA) is 46.3 Å². The molecular formula is C10H14BrClN2OS. The zero-order valence-electron chi connectivity index (χ0n) is 8.69. The second-order valence-electron chi connectivity index (χ2n) is 3.77.